The van der Waals surface area contributed by atoms with Gasteiger partial charge in [0.25, 0.3) is 0 Å². The highest BCUT2D eigenvalue weighted by Gasteiger charge is 2.86. The van der Waals surface area contributed by atoms with E-state index in [-0.39, 0.29) is 24.2 Å². The fourth-order valence-corrected chi connectivity index (χ4v) is 8.41. The molecule has 2 saturated carbocycles. The summed E-state index contributed by atoms with van der Waals surface area (Å²) in [5.74, 6) is -1.79. The molecule has 2 spiro atoms. The third kappa shape index (κ3) is 3.67. The largest absolute Gasteiger partial charge is 0.472 e. The zero-order valence-electron chi connectivity index (χ0n) is 23.3. The second kappa shape index (κ2) is 9.04. The van der Waals surface area contributed by atoms with Crippen molar-refractivity contribution < 1.29 is 47.5 Å². The second-order valence-corrected chi connectivity index (χ2v) is 12.3. The molecular weight excluding hydrogens is 508 g/mol. The highest BCUT2D eigenvalue weighted by Crippen LogP contribution is 2.74. The van der Waals surface area contributed by atoms with Crippen LogP contribution >= 0.6 is 0 Å². The van der Waals surface area contributed by atoms with E-state index >= 15 is 0 Å². The Hall–Kier alpha value is -2.43. The Labute approximate surface area is 228 Å². The van der Waals surface area contributed by atoms with Gasteiger partial charge in [-0.1, -0.05) is 19.9 Å². The number of allylic oxidation sites excluding steroid dienone is 1. The predicted molar refractivity (Wildman–Crippen MR) is 133 cm³/mol. The standard InChI is InChI=1S/C29H38O10/c1-7-14(2)24(32)39-22-19-12-28(13-34-28)29(26(37-19)36-17(5)31)21(35-16(4)30)10-15(3)27(6,23(22)29)20-11-18-8-9-33-25(18)38-20/h7-9,15,18-23,25-26H,10-13H2,1-6H3. The molecule has 0 radical (unpaired) electrons. The summed E-state index contributed by atoms with van der Waals surface area (Å²) >= 11 is 0. The molecule has 4 saturated heterocycles. The highest BCUT2D eigenvalue weighted by molar-refractivity contribution is 5.87. The Morgan fingerprint density at radius 2 is 1.74 bits per heavy atom. The Morgan fingerprint density at radius 3 is 2.36 bits per heavy atom. The van der Waals surface area contributed by atoms with Gasteiger partial charge in [0.1, 0.15) is 29.3 Å². The van der Waals surface area contributed by atoms with E-state index in [4.69, 9.17) is 33.2 Å². The summed E-state index contributed by atoms with van der Waals surface area (Å²) in [6.45, 7) is 10.9. The van der Waals surface area contributed by atoms with Crippen molar-refractivity contribution in [3.05, 3.63) is 24.0 Å². The average Bonchev–Trinajstić information content (AvgIpc) is 3.28. The number of esters is 3. The maximum atomic E-state index is 13.3. The quantitative estimate of drug-likeness (QED) is 0.220. The molecule has 10 heteroatoms. The number of rotatable bonds is 5. The van der Waals surface area contributed by atoms with Crippen molar-refractivity contribution >= 4 is 17.9 Å². The van der Waals surface area contributed by atoms with Crippen LogP contribution in [0.3, 0.4) is 0 Å². The third-order valence-electron chi connectivity index (χ3n) is 10.5. The lowest BCUT2D eigenvalue weighted by atomic mass is 9.39. The van der Waals surface area contributed by atoms with Crippen molar-refractivity contribution in [1.82, 2.24) is 0 Å². The number of carbonyl (C=O) groups excluding carboxylic acids is 3. The van der Waals surface area contributed by atoms with Crippen LogP contribution in [0, 0.1) is 28.6 Å². The smallest absolute Gasteiger partial charge is 0.333 e. The van der Waals surface area contributed by atoms with E-state index in [9.17, 15) is 14.4 Å². The molecule has 5 aliphatic heterocycles. The average molecular weight is 547 g/mol. The van der Waals surface area contributed by atoms with Crippen LogP contribution in [0.25, 0.3) is 0 Å². The summed E-state index contributed by atoms with van der Waals surface area (Å²) in [7, 11) is 0. The molecule has 0 aromatic carbocycles. The van der Waals surface area contributed by atoms with Gasteiger partial charge in [0, 0.05) is 43.1 Å². The first-order valence-corrected chi connectivity index (χ1v) is 13.9. The van der Waals surface area contributed by atoms with Crippen molar-refractivity contribution in [3.63, 3.8) is 0 Å². The van der Waals surface area contributed by atoms with Gasteiger partial charge < -0.3 is 33.2 Å². The molecule has 0 aromatic rings. The molecule has 12 unspecified atom stereocenters. The maximum Gasteiger partial charge on any atom is 0.333 e. The topological polar surface area (TPSA) is 119 Å². The van der Waals surface area contributed by atoms with E-state index in [0.717, 1.165) is 6.42 Å². The van der Waals surface area contributed by atoms with Crippen molar-refractivity contribution in [3.8, 4) is 0 Å². The molecule has 0 amide bonds. The predicted octanol–water partition coefficient (Wildman–Crippen LogP) is 3.18. The molecule has 214 valence electrons. The molecule has 2 bridgehead atoms. The number of ether oxygens (including phenoxy) is 7. The Morgan fingerprint density at radius 1 is 1.03 bits per heavy atom. The Kier molecular flexibility index (Phi) is 6.21. The van der Waals surface area contributed by atoms with Crippen LogP contribution < -0.4 is 0 Å². The van der Waals surface area contributed by atoms with Gasteiger partial charge in [-0.25, -0.2) is 4.79 Å². The minimum absolute atomic E-state index is 0.0255. The molecule has 0 aromatic heterocycles. The summed E-state index contributed by atoms with van der Waals surface area (Å²) in [4.78, 5) is 38.2. The number of hydrogen-bond donors (Lipinski definition) is 0. The molecule has 7 aliphatic rings. The van der Waals surface area contributed by atoms with Crippen molar-refractivity contribution in [2.45, 2.75) is 103 Å². The number of carbonyl (C=O) groups is 3. The van der Waals surface area contributed by atoms with E-state index in [1.165, 1.54) is 13.8 Å². The van der Waals surface area contributed by atoms with Gasteiger partial charge >= 0.3 is 17.9 Å². The molecule has 39 heavy (non-hydrogen) atoms. The first kappa shape index (κ1) is 26.8. The molecule has 2 aliphatic carbocycles. The summed E-state index contributed by atoms with van der Waals surface area (Å²) in [6, 6.07) is 0. The zero-order chi connectivity index (χ0) is 27.9. The minimum atomic E-state index is -1.12. The lowest BCUT2D eigenvalue weighted by Gasteiger charge is -2.70. The summed E-state index contributed by atoms with van der Waals surface area (Å²) in [5.41, 5.74) is -2.00. The molecular formula is C29H38O10. The van der Waals surface area contributed by atoms with Crippen LogP contribution in [0.5, 0.6) is 0 Å². The van der Waals surface area contributed by atoms with Gasteiger partial charge in [-0.15, -0.1) is 0 Å². The van der Waals surface area contributed by atoms with Crippen LogP contribution in [0.15, 0.2) is 24.0 Å². The summed E-state index contributed by atoms with van der Waals surface area (Å²) in [5, 5.41) is 0. The number of fused-ring (bicyclic) bond motifs is 2. The maximum absolute atomic E-state index is 13.3. The molecule has 7 rings (SSSR count). The number of epoxide rings is 1. The van der Waals surface area contributed by atoms with E-state index < -0.39 is 64.9 Å². The van der Waals surface area contributed by atoms with Gasteiger partial charge in [0.2, 0.25) is 12.6 Å². The van der Waals surface area contributed by atoms with Crippen LogP contribution in [0.2, 0.25) is 0 Å². The van der Waals surface area contributed by atoms with Crippen molar-refractivity contribution in [2.75, 3.05) is 6.61 Å². The highest BCUT2D eigenvalue weighted by atomic mass is 16.7. The van der Waals surface area contributed by atoms with Gasteiger partial charge in [0.15, 0.2) is 0 Å². The zero-order valence-corrected chi connectivity index (χ0v) is 23.3. The third-order valence-corrected chi connectivity index (χ3v) is 10.5. The van der Waals surface area contributed by atoms with Crippen LogP contribution in [0.4, 0.5) is 0 Å². The SMILES string of the molecule is CC=C(C)C(=O)OC1C2CC3(CO3)C3(C(OC(C)=O)CC(C)C(C)(C4CC5C=COC5O4)C13)C(OC(C)=O)O2. The lowest BCUT2D eigenvalue weighted by molar-refractivity contribution is -0.400. The van der Waals surface area contributed by atoms with Crippen molar-refractivity contribution in [1.29, 1.82) is 0 Å². The molecule has 12 atom stereocenters. The van der Waals surface area contributed by atoms with E-state index in [1.807, 2.05) is 6.08 Å². The molecule has 6 fully saturated rings. The summed E-state index contributed by atoms with van der Waals surface area (Å²) < 4.78 is 43.3. The lowest BCUT2D eigenvalue weighted by Crippen LogP contribution is -2.81. The molecule has 0 N–H and O–H groups in total. The first-order chi connectivity index (χ1) is 18.5. The fraction of sp³-hybridized carbons (Fsp3) is 0.759. The van der Waals surface area contributed by atoms with E-state index in [1.54, 1.807) is 26.2 Å². The van der Waals surface area contributed by atoms with E-state index in [2.05, 4.69) is 13.8 Å². The minimum Gasteiger partial charge on any atom is -0.472 e. The first-order valence-electron chi connectivity index (χ1n) is 13.9. The van der Waals surface area contributed by atoms with Gasteiger partial charge in [-0.3, -0.25) is 9.59 Å². The summed E-state index contributed by atoms with van der Waals surface area (Å²) in [6.07, 6.45) is 3.37. The van der Waals surface area contributed by atoms with E-state index in [0.29, 0.717) is 25.0 Å². The van der Waals surface area contributed by atoms with Gasteiger partial charge in [-0.2, -0.15) is 0 Å². The van der Waals surface area contributed by atoms with Crippen LogP contribution in [-0.4, -0.2) is 67.1 Å². The normalized spacial score (nSPS) is 49.2. The second-order valence-electron chi connectivity index (χ2n) is 12.3. The molecule has 10 nitrogen and oxygen atoms in total. The Bertz CT molecular complexity index is 1130. The van der Waals surface area contributed by atoms with Crippen molar-refractivity contribution in [2.24, 2.45) is 28.6 Å². The van der Waals surface area contributed by atoms with Crippen LogP contribution in [-0.2, 0) is 47.5 Å². The van der Waals surface area contributed by atoms with Gasteiger partial charge in [0.05, 0.1) is 19.0 Å². The monoisotopic (exact) mass is 546 g/mol. The van der Waals surface area contributed by atoms with Gasteiger partial charge in [-0.05, 0) is 38.7 Å². The fourth-order valence-electron chi connectivity index (χ4n) is 8.41. The Balaban J connectivity index is 1.54. The molecule has 5 heterocycles. The van der Waals surface area contributed by atoms with Crippen LogP contribution in [0.1, 0.15) is 60.8 Å². The number of hydrogen-bond acceptors (Lipinski definition) is 10.